The van der Waals surface area contributed by atoms with E-state index in [0.29, 0.717) is 13.2 Å². The van der Waals surface area contributed by atoms with Crippen molar-refractivity contribution in [3.05, 3.63) is 18.5 Å². The van der Waals surface area contributed by atoms with Gasteiger partial charge in [0.25, 0.3) is 0 Å². The molecule has 112 valence electrons. The molecule has 0 saturated carbocycles. The van der Waals surface area contributed by atoms with E-state index in [1.807, 2.05) is 0 Å². The van der Waals surface area contributed by atoms with Gasteiger partial charge in [-0.25, -0.2) is 19.6 Å². The number of aliphatic hydroxyl groups is 1. The fraction of sp³-hybridized carbons (Fsp3) is 0.500. The molecule has 0 atom stereocenters. The molecular formula is C12H18N2O6. The molecule has 0 radical (unpaired) electrons. The molecule has 1 aromatic rings. The highest BCUT2D eigenvalue weighted by Crippen LogP contribution is 1.96. The molecule has 0 aliphatic carbocycles. The molecule has 1 N–H and O–H groups in total. The Labute approximate surface area is 116 Å². The van der Waals surface area contributed by atoms with Gasteiger partial charge in [-0.3, -0.25) is 0 Å². The minimum atomic E-state index is -0.567. The van der Waals surface area contributed by atoms with Gasteiger partial charge in [0.15, 0.2) is 6.61 Å². The van der Waals surface area contributed by atoms with Crippen LogP contribution in [-0.2, 0) is 19.1 Å². The monoisotopic (exact) mass is 286 g/mol. The topological polar surface area (TPSA) is 108 Å². The standard InChI is InChI=1S/C8H10N2O3.C4H8O3/c1-2-12-7(11)6-13-8-9-4-3-5-10-8;1-2-7-4(6)3-5/h3-5H,2,6H2,1H3;5H,2-3H2,1H3. The van der Waals surface area contributed by atoms with Gasteiger partial charge in [0.1, 0.15) is 6.61 Å². The number of aromatic nitrogens is 2. The Balaban J connectivity index is 0.000000441. The second kappa shape index (κ2) is 11.8. The predicted octanol–water partition coefficient (Wildman–Crippen LogP) is -0.0397. The first kappa shape index (κ1) is 17.8. The van der Waals surface area contributed by atoms with Gasteiger partial charge in [-0.05, 0) is 19.9 Å². The zero-order chi connectivity index (χ0) is 15.2. The van der Waals surface area contributed by atoms with Gasteiger partial charge in [-0.2, -0.15) is 0 Å². The first-order chi connectivity index (χ1) is 9.63. The van der Waals surface area contributed by atoms with Crippen LogP contribution in [-0.4, -0.2) is 53.4 Å². The van der Waals surface area contributed by atoms with E-state index in [4.69, 9.17) is 9.84 Å². The molecule has 0 spiro atoms. The minimum Gasteiger partial charge on any atom is -0.464 e. The number of ether oxygens (including phenoxy) is 3. The smallest absolute Gasteiger partial charge is 0.344 e. The zero-order valence-corrected chi connectivity index (χ0v) is 11.4. The van der Waals surface area contributed by atoms with E-state index < -0.39 is 18.5 Å². The fourth-order valence-corrected chi connectivity index (χ4v) is 0.893. The third kappa shape index (κ3) is 9.77. The largest absolute Gasteiger partial charge is 0.464 e. The Morgan fingerprint density at radius 3 is 2.10 bits per heavy atom. The number of aliphatic hydroxyl groups excluding tert-OH is 1. The average Bonchev–Trinajstić information content (AvgIpc) is 2.47. The lowest BCUT2D eigenvalue weighted by atomic mass is 10.7. The summed E-state index contributed by atoms with van der Waals surface area (Å²) in [6.07, 6.45) is 3.07. The lowest BCUT2D eigenvalue weighted by Gasteiger charge is -2.02. The number of hydrogen-bond acceptors (Lipinski definition) is 8. The number of carbonyl (C=O) groups is 2. The average molecular weight is 286 g/mol. The number of carbonyl (C=O) groups excluding carboxylic acids is 2. The van der Waals surface area contributed by atoms with E-state index in [-0.39, 0.29) is 12.6 Å². The van der Waals surface area contributed by atoms with Crippen LogP contribution in [0.25, 0.3) is 0 Å². The third-order valence-corrected chi connectivity index (χ3v) is 1.60. The SMILES string of the molecule is CCOC(=O)CO.CCOC(=O)COc1ncccn1. The second-order valence-corrected chi connectivity index (χ2v) is 3.09. The molecule has 0 aromatic carbocycles. The normalized spacial score (nSPS) is 8.95. The van der Waals surface area contributed by atoms with Gasteiger partial charge in [-0.1, -0.05) is 0 Å². The highest BCUT2D eigenvalue weighted by molar-refractivity contribution is 5.71. The van der Waals surface area contributed by atoms with Crippen LogP contribution < -0.4 is 4.74 Å². The van der Waals surface area contributed by atoms with Crippen molar-refractivity contribution in [1.82, 2.24) is 9.97 Å². The zero-order valence-electron chi connectivity index (χ0n) is 11.4. The van der Waals surface area contributed by atoms with Crippen LogP contribution in [0.2, 0.25) is 0 Å². The van der Waals surface area contributed by atoms with Crippen molar-refractivity contribution >= 4 is 11.9 Å². The van der Waals surface area contributed by atoms with Gasteiger partial charge in [0.2, 0.25) is 0 Å². The van der Waals surface area contributed by atoms with Crippen molar-refractivity contribution in [2.75, 3.05) is 26.4 Å². The summed E-state index contributed by atoms with van der Waals surface area (Å²) >= 11 is 0. The van der Waals surface area contributed by atoms with Crippen LogP contribution in [0.4, 0.5) is 0 Å². The highest BCUT2D eigenvalue weighted by atomic mass is 16.6. The van der Waals surface area contributed by atoms with Gasteiger partial charge in [0, 0.05) is 12.4 Å². The quantitative estimate of drug-likeness (QED) is 0.726. The molecule has 8 nitrogen and oxygen atoms in total. The van der Waals surface area contributed by atoms with Gasteiger partial charge < -0.3 is 19.3 Å². The van der Waals surface area contributed by atoms with Crippen LogP contribution in [0.15, 0.2) is 18.5 Å². The van der Waals surface area contributed by atoms with Gasteiger partial charge in [0.05, 0.1) is 13.2 Å². The maximum Gasteiger partial charge on any atom is 0.344 e. The highest BCUT2D eigenvalue weighted by Gasteiger charge is 2.03. The summed E-state index contributed by atoms with van der Waals surface area (Å²) in [7, 11) is 0. The van der Waals surface area contributed by atoms with E-state index >= 15 is 0 Å². The van der Waals surface area contributed by atoms with Crippen LogP contribution in [0, 0.1) is 0 Å². The Bertz CT molecular complexity index is 385. The first-order valence-electron chi connectivity index (χ1n) is 5.95. The molecule has 0 aliphatic heterocycles. The lowest BCUT2D eigenvalue weighted by molar-refractivity contribution is -0.146. The summed E-state index contributed by atoms with van der Waals surface area (Å²) in [5.41, 5.74) is 0. The van der Waals surface area contributed by atoms with Crippen molar-refractivity contribution in [2.24, 2.45) is 0 Å². The second-order valence-electron chi connectivity index (χ2n) is 3.09. The van der Waals surface area contributed by atoms with Crippen molar-refractivity contribution < 1.29 is 28.9 Å². The molecule has 8 heteroatoms. The van der Waals surface area contributed by atoms with Crippen molar-refractivity contribution in [3.8, 4) is 6.01 Å². The molecule has 0 aliphatic rings. The number of rotatable bonds is 6. The van der Waals surface area contributed by atoms with Crippen molar-refractivity contribution in [3.63, 3.8) is 0 Å². The Morgan fingerprint density at radius 1 is 1.10 bits per heavy atom. The van der Waals surface area contributed by atoms with E-state index in [2.05, 4.69) is 19.4 Å². The summed E-state index contributed by atoms with van der Waals surface area (Å²) in [5.74, 6) is -0.988. The summed E-state index contributed by atoms with van der Waals surface area (Å²) in [6.45, 7) is 3.42. The molecule has 0 fully saturated rings. The Morgan fingerprint density at radius 2 is 1.65 bits per heavy atom. The molecular weight excluding hydrogens is 268 g/mol. The molecule has 1 rings (SSSR count). The van der Waals surface area contributed by atoms with E-state index in [1.165, 1.54) is 12.4 Å². The van der Waals surface area contributed by atoms with Crippen LogP contribution >= 0.6 is 0 Å². The fourth-order valence-electron chi connectivity index (χ4n) is 0.893. The Kier molecular flexibility index (Phi) is 10.5. The molecule has 0 amide bonds. The first-order valence-corrected chi connectivity index (χ1v) is 5.95. The van der Waals surface area contributed by atoms with E-state index in [1.54, 1.807) is 19.9 Å². The molecule has 1 heterocycles. The summed E-state index contributed by atoms with van der Waals surface area (Å²) in [5, 5.41) is 7.99. The third-order valence-electron chi connectivity index (χ3n) is 1.60. The molecule has 20 heavy (non-hydrogen) atoms. The maximum atomic E-state index is 10.8. The van der Waals surface area contributed by atoms with Gasteiger partial charge >= 0.3 is 17.9 Å². The molecule has 0 unspecified atom stereocenters. The molecule has 0 bridgehead atoms. The van der Waals surface area contributed by atoms with Crippen LogP contribution in [0.1, 0.15) is 13.8 Å². The summed E-state index contributed by atoms with van der Waals surface area (Å²) in [4.78, 5) is 28.3. The predicted molar refractivity (Wildman–Crippen MR) is 67.9 cm³/mol. The van der Waals surface area contributed by atoms with E-state index in [9.17, 15) is 9.59 Å². The lowest BCUT2D eigenvalue weighted by Crippen LogP contribution is -2.15. The number of hydrogen-bond donors (Lipinski definition) is 1. The van der Waals surface area contributed by atoms with Gasteiger partial charge in [-0.15, -0.1) is 0 Å². The van der Waals surface area contributed by atoms with Crippen molar-refractivity contribution in [1.29, 1.82) is 0 Å². The van der Waals surface area contributed by atoms with E-state index in [0.717, 1.165) is 0 Å². The summed E-state index contributed by atoms with van der Waals surface area (Å²) < 4.78 is 13.9. The summed E-state index contributed by atoms with van der Waals surface area (Å²) in [6, 6.07) is 1.84. The number of esters is 2. The van der Waals surface area contributed by atoms with Crippen LogP contribution in [0.5, 0.6) is 6.01 Å². The Hall–Kier alpha value is -2.22. The maximum absolute atomic E-state index is 10.8. The molecule has 1 aromatic heterocycles. The molecule has 0 saturated heterocycles. The minimum absolute atomic E-state index is 0.155. The number of nitrogens with zero attached hydrogens (tertiary/aromatic N) is 2. The van der Waals surface area contributed by atoms with Crippen LogP contribution in [0.3, 0.4) is 0 Å². The van der Waals surface area contributed by atoms with Crippen molar-refractivity contribution in [2.45, 2.75) is 13.8 Å².